The number of carbonyl (C=O) groups is 3. The van der Waals surface area contributed by atoms with Crippen molar-refractivity contribution in [3.05, 3.63) is 59.7 Å². The van der Waals surface area contributed by atoms with E-state index in [4.69, 9.17) is 9.84 Å². The first-order valence-corrected chi connectivity index (χ1v) is 10.6. The fraction of sp³-hybridized carbons (Fsp3) is 0.375. The van der Waals surface area contributed by atoms with Crippen molar-refractivity contribution >= 4 is 18.0 Å². The van der Waals surface area contributed by atoms with Gasteiger partial charge in [-0.3, -0.25) is 4.79 Å². The Bertz CT molecular complexity index is 1000. The molecule has 0 spiro atoms. The van der Waals surface area contributed by atoms with Crippen LogP contribution >= 0.6 is 0 Å². The Hall–Kier alpha value is -3.39. The number of hydrogen-bond acceptors (Lipinski definition) is 5. The molecule has 2 aromatic rings. The van der Waals surface area contributed by atoms with Crippen LogP contribution in [0.3, 0.4) is 0 Å². The number of aliphatic hydroxyl groups is 1. The molecule has 32 heavy (non-hydrogen) atoms. The van der Waals surface area contributed by atoms with E-state index in [9.17, 15) is 19.5 Å². The summed E-state index contributed by atoms with van der Waals surface area (Å²) in [6, 6.07) is 16.0. The highest BCUT2D eigenvalue weighted by Crippen LogP contribution is 2.44. The molecule has 4 rings (SSSR count). The topological polar surface area (TPSA) is 125 Å². The Morgan fingerprint density at radius 1 is 1.06 bits per heavy atom. The van der Waals surface area contributed by atoms with Crippen LogP contribution in [0.5, 0.6) is 0 Å². The number of carboxylic acid groups (broad SMARTS) is 1. The number of ether oxygens (including phenoxy) is 1. The molecule has 8 heteroatoms. The standard InChI is InChI=1S/C24H26N2O6/c1-24(14-10-11-14,22(30)25-12-20(27)21(28)29)26-23(31)32-13-19-17-8-4-2-6-15(17)16-7-3-5-9-18(16)19/h2-9,14,19-20,27H,10-13H2,1H3,(H,25,30)(H,26,31)(H,28,29)/t20-,24?/m0/s1. The number of aliphatic carboxylic acids is 1. The molecule has 0 radical (unpaired) electrons. The summed E-state index contributed by atoms with van der Waals surface area (Å²) in [5, 5.41) is 23.3. The Morgan fingerprint density at radius 2 is 1.62 bits per heavy atom. The Morgan fingerprint density at radius 3 is 2.16 bits per heavy atom. The van der Waals surface area contributed by atoms with Crippen molar-refractivity contribution in [1.82, 2.24) is 10.6 Å². The lowest BCUT2D eigenvalue weighted by molar-refractivity contribution is -0.146. The minimum atomic E-state index is -1.71. The van der Waals surface area contributed by atoms with Crippen LogP contribution in [-0.2, 0) is 14.3 Å². The molecule has 168 valence electrons. The average molecular weight is 438 g/mol. The lowest BCUT2D eigenvalue weighted by Gasteiger charge is -2.29. The quantitative estimate of drug-likeness (QED) is 0.501. The number of hydrogen-bond donors (Lipinski definition) is 4. The predicted octanol–water partition coefficient (Wildman–Crippen LogP) is 2.26. The predicted molar refractivity (Wildman–Crippen MR) is 116 cm³/mol. The number of benzene rings is 2. The SMILES string of the molecule is CC(NC(=O)OCC1c2ccccc2-c2ccccc21)(C(=O)NC[C@H](O)C(=O)O)C1CC1. The Kier molecular flexibility index (Phi) is 5.88. The fourth-order valence-electron chi connectivity index (χ4n) is 4.31. The van der Waals surface area contributed by atoms with Gasteiger partial charge in [-0.05, 0) is 47.9 Å². The van der Waals surface area contributed by atoms with Crippen LogP contribution in [0.2, 0.25) is 0 Å². The van der Waals surface area contributed by atoms with Gasteiger partial charge in [0.15, 0.2) is 6.10 Å². The van der Waals surface area contributed by atoms with E-state index < -0.39 is 36.2 Å². The molecule has 2 aliphatic carbocycles. The van der Waals surface area contributed by atoms with E-state index in [1.54, 1.807) is 6.92 Å². The molecule has 0 aromatic heterocycles. The smallest absolute Gasteiger partial charge is 0.408 e. The maximum absolute atomic E-state index is 12.7. The van der Waals surface area contributed by atoms with Gasteiger partial charge in [0.25, 0.3) is 0 Å². The third-order valence-corrected chi connectivity index (χ3v) is 6.31. The number of aliphatic hydroxyl groups excluding tert-OH is 1. The number of nitrogens with one attached hydrogen (secondary N) is 2. The molecular weight excluding hydrogens is 412 g/mol. The summed E-state index contributed by atoms with van der Waals surface area (Å²) in [6.07, 6.45) is -0.906. The highest BCUT2D eigenvalue weighted by molar-refractivity contribution is 5.90. The van der Waals surface area contributed by atoms with Gasteiger partial charge in [-0.1, -0.05) is 48.5 Å². The van der Waals surface area contributed by atoms with Crippen LogP contribution in [0.4, 0.5) is 4.79 Å². The zero-order valence-corrected chi connectivity index (χ0v) is 17.7. The molecule has 0 aliphatic heterocycles. The van der Waals surface area contributed by atoms with Crippen LogP contribution < -0.4 is 10.6 Å². The number of alkyl carbamates (subject to hydrolysis) is 1. The number of carbonyl (C=O) groups excluding carboxylic acids is 2. The van der Waals surface area contributed by atoms with Crippen molar-refractivity contribution in [3.8, 4) is 11.1 Å². The molecule has 1 saturated carbocycles. The molecule has 2 aromatic carbocycles. The largest absolute Gasteiger partial charge is 0.479 e. The van der Waals surface area contributed by atoms with Gasteiger partial charge in [0.1, 0.15) is 12.1 Å². The molecule has 0 bridgehead atoms. The van der Waals surface area contributed by atoms with Crippen LogP contribution in [0.25, 0.3) is 11.1 Å². The van der Waals surface area contributed by atoms with Crippen molar-refractivity contribution in [3.63, 3.8) is 0 Å². The minimum absolute atomic E-state index is 0.0787. The zero-order valence-electron chi connectivity index (χ0n) is 17.7. The van der Waals surface area contributed by atoms with Gasteiger partial charge in [0.2, 0.25) is 5.91 Å². The van der Waals surface area contributed by atoms with Crippen LogP contribution in [0.1, 0.15) is 36.8 Å². The number of fused-ring (bicyclic) bond motifs is 3. The Balaban J connectivity index is 1.42. The lowest BCUT2D eigenvalue weighted by Crippen LogP contribution is -2.59. The summed E-state index contributed by atoms with van der Waals surface area (Å²) in [4.78, 5) is 36.2. The normalized spacial score (nSPS) is 17.4. The fourth-order valence-corrected chi connectivity index (χ4v) is 4.31. The molecule has 2 aliphatic rings. The van der Waals surface area contributed by atoms with E-state index in [1.165, 1.54) is 0 Å². The van der Waals surface area contributed by atoms with Crippen molar-refractivity contribution in [2.24, 2.45) is 5.92 Å². The highest BCUT2D eigenvalue weighted by Gasteiger charge is 2.49. The van der Waals surface area contributed by atoms with E-state index in [-0.39, 0.29) is 18.4 Å². The van der Waals surface area contributed by atoms with E-state index in [0.29, 0.717) is 0 Å². The van der Waals surface area contributed by atoms with Gasteiger partial charge >= 0.3 is 12.1 Å². The monoisotopic (exact) mass is 438 g/mol. The summed E-state index contributed by atoms with van der Waals surface area (Å²) >= 11 is 0. The molecule has 1 unspecified atom stereocenters. The van der Waals surface area contributed by atoms with Crippen molar-refractivity contribution in [2.45, 2.75) is 37.3 Å². The van der Waals surface area contributed by atoms with Crippen LogP contribution in [0, 0.1) is 5.92 Å². The zero-order chi connectivity index (χ0) is 22.9. The van der Waals surface area contributed by atoms with Gasteiger partial charge in [-0.25, -0.2) is 9.59 Å². The summed E-state index contributed by atoms with van der Waals surface area (Å²) < 4.78 is 5.55. The number of carboxylic acids is 1. The molecular formula is C24H26N2O6. The van der Waals surface area contributed by atoms with E-state index in [0.717, 1.165) is 35.1 Å². The first-order valence-electron chi connectivity index (χ1n) is 10.6. The second kappa shape index (κ2) is 8.63. The second-order valence-corrected chi connectivity index (χ2v) is 8.49. The molecule has 8 nitrogen and oxygen atoms in total. The van der Waals surface area contributed by atoms with Crippen LogP contribution in [-0.4, -0.2) is 53.0 Å². The van der Waals surface area contributed by atoms with Gasteiger partial charge in [-0.2, -0.15) is 0 Å². The third-order valence-electron chi connectivity index (χ3n) is 6.31. The summed E-state index contributed by atoms with van der Waals surface area (Å²) in [5.41, 5.74) is 3.17. The summed E-state index contributed by atoms with van der Waals surface area (Å²) in [6.45, 7) is 1.28. The van der Waals surface area contributed by atoms with E-state index in [2.05, 4.69) is 10.6 Å². The van der Waals surface area contributed by atoms with Gasteiger partial charge in [-0.15, -0.1) is 0 Å². The number of amides is 2. The van der Waals surface area contributed by atoms with Crippen LogP contribution in [0.15, 0.2) is 48.5 Å². The maximum atomic E-state index is 12.7. The lowest BCUT2D eigenvalue weighted by atomic mass is 9.94. The Labute approximate surface area is 185 Å². The molecule has 0 heterocycles. The second-order valence-electron chi connectivity index (χ2n) is 8.49. The first kappa shape index (κ1) is 21.8. The van der Waals surface area contributed by atoms with E-state index in [1.807, 2.05) is 48.5 Å². The molecule has 1 fully saturated rings. The minimum Gasteiger partial charge on any atom is -0.479 e. The number of rotatable bonds is 8. The summed E-state index contributed by atoms with van der Waals surface area (Å²) in [5.74, 6) is -2.15. The third kappa shape index (κ3) is 4.18. The molecule has 2 atom stereocenters. The van der Waals surface area contributed by atoms with Crippen molar-refractivity contribution in [2.75, 3.05) is 13.2 Å². The van der Waals surface area contributed by atoms with Crippen molar-refractivity contribution < 1.29 is 29.3 Å². The molecule has 0 saturated heterocycles. The van der Waals surface area contributed by atoms with Crippen molar-refractivity contribution in [1.29, 1.82) is 0 Å². The van der Waals surface area contributed by atoms with Gasteiger partial charge < -0.3 is 25.6 Å². The first-order chi connectivity index (χ1) is 15.3. The molecule has 4 N–H and O–H groups in total. The maximum Gasteiger partial charge on any atom is 0.408 e. The molecule has 2 amide bonds. The highest BCUT2D eigenvalue weighted by atomic mass is 16.5. The average Bonchev–Trinajstić information content (AvgIpc) is 3.59. The van der Waals surface area contributed by atoms with Gasteiger partial charge in [0.05, 0.1) is 6.54 Å². The van der Waals surface area contributed by atoms with E-state index >= 15 is 0 Å². The summed E-state index contributed by atoms with van der Waals surface area (Å²) in [7, 11) is 0. The van der Waals surface area contributed by atoms with Gasteiger partial charge in [0, 0.05) is 5.92 Å².